The first-order chi connectivity index (χ1) is 16.7. The molecule has 1 spiro atoms. The average Bonchev–Trinajstić information content (AvgIpc) is 3.22. The van der Waals surface area contributed by atoms with Crippen molar-refractivity contribution in [3.63, 3.8) is 0 Å². The predicted octanol–water partition coefficient (Wildman–Crippen LogP) is 3.52. The lowest BCUT2D eigenvalue weighted by molar-refractivity contribution is -0.128. The molecule has 7 nitrogen and oxygen atoms in total. The van der Waals surface area contributed by atoms with E-state index in [2.05, 4.69) is 5.32 Å². The second-order valence-corrected chi connectivity index (χ2v) is 9.43. The van der Waals surface area contributed by atoms with Gasteiger partial charge >= 0.3 is 0 Å². The minimum atomic E-state index is -1.01. The van der Waals surface area contributed by atoms with E-state index < -0.39 is 17.6 Å². The zero-order valence-corrected chi connectivity index (χ0v) is 20.4. The molecule has 0 bridgehead atoms. The van der Waals surface area contributed by atoms with Gasteiger partial charge in [-0.25, -0.2) is 4.39 Å². The van der Waals surface area contributed by atoms with Crippen molar-refractivity contribution in [2.24, 2.45) is 0 Å². The Balaban J connectivity index is 1.57. The van der Waals surface area contributed by atoms with Crippen LogP contribution in [0.3, 0.4) is 0 Å². The molecule has 2 saturated heterocycles. The van der Waals surface area contributed by atoms with Gasteiger partial charge in [0.15, 0.2) is 0 Å². The van der Waals surface area contributed by atoms with Crippen LogP contribution in [0.2, 0.25) is 0 Å². The van der Waals surface area contributed by atoms with Crippen LogP contribution in [0.1, 0.15) is 59.4 Å². The van der Waals surface area contributed by atoms with Gasteiger partial charge in [0, 0.05) is 43.1 Å². The molecule has 0 radical (unpaired) electrons. The molecule has 2 aliphatic heterocycles. The van der Waals surface area contributed by atoms with Crippen molar-refractivity contribution in [2.75, 3.05) is 19.7 Å². The van der Waals surface area contributed by atoms with Crippen LogP contribution in [-0.2, 0) is 9.53 Å². The minimum Gasteiger partial charge on any atom is -0.353 e. The molecule has 2 aromatic rings. The van der Waals surface area contributed by atoms with Crippen LogP contribution >= 0.6 is 0 Å². The van der Waals surface area contributed by atoms with Gasteiger partial charge in [-0.05, 0) is 56.7 Å². The van der Waals surface area contributed by atoms with E-state index in [-0.39, 0.29) is 35.9 Å². The van der Waals surface area contributed by atoms with Gasteiger partial charge in [0.05, 0.1) is 6.61 Å². The number of aryl methyl sites for hydroxylation is 1. The summed E-state index contributed by atoms with van der Waals surface area (Å²) in [6, 6.07) is 11.9. The maximum absolute atomic E-state index is 13.6. The van der Waals surface area contributed by atoms with Crippen LogP contribution in [0, 0.1) is 12.7 Å². The van der Waals surface area contributed by atoms with Crippen LogP contribution in [0.25, 0.3) is 0 Å². The number of ether oxygens (including phenoxy) is 1. The Morgan fingerprint density at radius 3 is 2.40 bits per heavy atom. The van der Waals surface area contributed by atoms with Crippen molar-refractivity contribution < 1.29 is 23.5 Å². The number of likely N-dealkylation sites (tertiary alicyclic amines) is 1. The summed E-state index contributed by atoms with van der Waals surface area (Å²) in [4.78, 5) is 43.1. The Morgan fingerprint density at radius 2 is 1.77 bits per heavy atom. The lowest BCUT2D eigenvalue weighted by atomic mass is 9.96. The summed E-state index contributed by atoms with van der Waals surface area (Å²) in [5, 5.41) is 2.96. The molecule has 35 heavy (non-hydrogen) atoms. The number of hydrogen-bond donors (Lipinski definition) is 1. The largest absolute Gasteiger partial charge is 0.353 e. The highest BCUT2D eigenvalue weighted by Crippen LogP contribution is 2.39. The molecule has 2 unspecified atom stereocenters. The number of nitrogens with one attached hydrogen (secondary N) is 1. The molecule has 2 aliphatic rings. The normalized spacial score (nSPS) is 20.1. The molecule has 4 rings (SSSR count). The van der Waals surface area contributed by atoms with E-state index in [1.807, 2.05) is 39.0 Å². The van der Waals surface area contributed by atoms with E-state index >= 15 is 0 Å². The maximum Gasteiger partial charge on any atom is 0.256 e. The van der Waals surface area contributed by atoms with E-state index in [1.165, 1.54) is 29.2 Å². The lowest BCUT2D eigenvalue weighted by Crippen LogP contribution is -2.60. The number of halogens is 1. The predicted molar refractivity (Wildman–Crippen MR) is 129 cm³/mol. The summed E-state index contributed by atoms with van der Waals surface area (Å²) in [7, 11) is 0. The zero-order chi connectivity index (χ0) is 25.2. The summed E-state index contributed by atoms with van der Waals surface area (Å²) >= 11 is 0. The molecular formula is C27H32FN3O4. The van der Waals surface area contributed by atoms with Crippen LogP contribution in [0.15, 0.2) is 48.5 Å². The third-order valence-corrected chi connectivity index (χ3v) is 6.97. The summed E-state index contributed by atoms with van der Waals surface area (Å²) in [6.07, 6.45) is 1.52. The van der Waals surface area contributed by atoms with E-state index in [0.29, 0.717) is 31.5 Å². The Bertz CT molecular complexity index is 1100. The number of hydrogen-bond acceptors (Lipinski definition) is 4. The number of rotatable bonds is 5. The number of benzene rings is 2. The molecule has 2 atom stereocenters. The standard InChI is InChI=1S/C27H32FN3O4/c1-4-19(3)29-24(32)23-17-35-27(31(23)26(34)20-8-10-22(28)11-9-20)12-14-30(15-13-27)25(33)21-7-5-6-18(2)16-21/h5-11,16,19,23H,4,12-15,17H2,1-3H3,(H,29,32). The third-order valence-electron chi connectivity index (χ3n) is 6.97. The SMILES string of the molecule is CCC(C)NC(=O)C1COC2(CCN(C(=O)c3cccc(C)c3)CC2)N1C(=O)c1ccc(F)cc1. The number of carbonyl (C=O) groups excluding carboxylic acids is 3. The fraction of sp³-hybridized carbons (Fsp3) is 0.444. The number of carbonyl (C=O) groups is 3. The van der Waals surface area contributed by atoms with Crippen molar-refractivity contribution in [2.45, 2.75) is 57.8 Å². The Hall–Kier alpha value is -3.26. The van der Waals surface area contributed by atoms with Crippen molar-refractivity contribution in [1.29, 1.82) is 0 Å². The van der Waals surface area contributed by atoms with Gasteiger partial charge in [0.1, 0.15) is 17.6 Å². The first-order valence-corrected chi connectivity index (χ1v) is 12.1. The highest BCUT2D eigenvalue weighted by Gasteiger charge is 2.54. The van der Waals surface area contributed by atoms with Crippen LogP contribution < -0.4 is 5.32 Å². The second-order valence-electron chi connectivity index (χ2n) is 9.43. The molecule has 2 heterocycles. The van der Waals surface area contributed by atoms with E-state index in [1.54, 1.807) is 11.0 Å². The molecule has 1 N–H and O–H groups in total. The molecule has 2 aromatic carbocycles. The van der Waals surface area contributed by atoms with E-state index in [0.717, 1.165) is 12.0 Å². The minimum absolute atomic E-state index is 0.0457. The topological polar surface area (TPSA) is 79.0 Å². The van der Waals surface area contributed by atoms with Gasteiger partial charge in [-0.2, -0.15) is 0 Å². The molecule has 0 saturated carbocycles. The quantitative estimate of drug-likeness (QED) is 0.709. The summed E-state index contributed by atoms with van der Waals surface area (Å²) in [5.74, 6) is -1.16. The smallest absolute Gasteiger partial charge is 0.256 e. The first kappa shape index (κ1) is 24.9. The zero-order valence-electron chi connectivity index (χ0n) is 20.4. The van der Waals surface area contributed by atoms with Crippen molar-refractivity contribution in [1.82, 2.24) is 15.1 Å². The molecule has 8 heteroatoms. The molecule has 3 amide bonds. The first-order valence-electron chi connectivity index (χ1n) is 12.1. The summed E-state index contributed by atoms with van der Waals surface area (Å²) in [6.45, 7) is 6.67. The second kappa shape index (κ2) is 10.2. The monoisotopic (exact) mass is 481 g/mol. The maximum atomic E-state index is 13.6. The van der Waals surface area contributed by atoms with Crippen LogP contribution in [-0.4, -0.2) is 65.0 Å². The molecule has 0 aliphatic carbocycles. The molecule has 0 aromatic heterocycles. The summed E-state index contributed by atoms with van der Waals surface area (Å²) in [5.41, 5.74) is 0.913. The van der Waals surface area contributed by atoms with Gasteiger partial charge in [0.25, 0.3) is 11.8 Å². The molecular weight excluding hydrogens is 449 g/mol. The Morgan fingerprint density at radius 1 is 1.09 bits per heavy atom. The van der Waals surface area contributed by atoms with Crippen molar-refractivity contribution in [3.05, 3.63) is 71.0 Å². The number of nitrogens with zero attached hydrogens (tertiary/aromatic N) is 2. The summed E-state index contributed by atoms with van der Waals surface area (Å²) < 4.78 is 19.7. The van der Waals surface area contributed by atoms with Crippen LogP contribution in [0.5, 0.6) is 0 Å². The van der Waals surface area contributed by atoms with Gasteiger partial charge in [-0.1, -0.05) is 24.6 Å². The van der Waals surface area contributed by atoms with Crippen LogP contribution in [0.4, 0.5) is 4.39 Å². The Kier molecular flexibility index (Phi) is 7.21. The Labute approximate surface area is 205 Å². The number of amides is 3. The fourth-order valence-corrected chi connectivity index (χ4v) is 4.76. The third kappa shape index (κ3) is 5.07. The van der Waals surface area contributed by atoms with Gasteiger partial charge in [-0.3, -0.25) is 19.3 Å². The van der Waals surface area contributed by atoms with E-state index in [4.69, 9.17) is 4.74 Å². The van der Waals surface area contributed by atoms with Gasteiger partial charge < -0.3 is 15.0 Å². The van der Waals surface area contributed by atoms with Gasteiger partial charge in [-0.15, -0.1) is 0 Å². The lowest BCUT2D eigenvalue weighted by Gasteiger charge is -2.44. The molecule has 2 fully saturated rings. The van der Waals surface area contributed by atoms with Crippen molar-refractivity contribution >= 4 is 17.7 Å². The highest BCUT2D eigenvalue weighted by atomic mass is 19.1. The molecule has 186 valence electrons. The number of piperidine rings is 1. The highest BCUT2D eigenvalue weighted by molar-refractivity contribution is 5.98. The van der Waals surface area contributed by atoms with Crippen molar-refractivity contribution in [3.8, 4) is 0 Å². The fourth-order valence-electron chi connectivity index (χ4n) is 4.76. The van der Waals surface area contributed by atoms with Gasteiger partial charge in [0.2, 0.25) is 5.91 Å². The van der Waals surface area contributed by atoms with E-state index in [9.17, 15) is 18.8 Å². The average molecular weight is 482 g/mol.